The van der Waals surface area contributed by atoms with Gasteiger partial charge in [0.25, 0.3) is 11.4 Å². The maximum Gasteiger partial charge on any atom is 0.347 e. The van der Waals surface area contributed by atoms with Crippen molar-refractivity contribution in [1.82, 2.24) is 0 Å². The number of hydrogen-bond donors (Lipinski definition) is 2. The van der Waals surface area contributed by atoms with E-state index in [9.17, 15) is 33.9 Å². The number of anilines is 2. The van der Waals surface area contributed by atoms with Gasteiger partial charge in [-0.05, 0) is 197 Å². The lowest BCUT2D eigenvalue weighted by Gasteiger charge is -2.34. The van der Waals surface area contributed by atoms with E-state index in [1.54, 1.807) is 35.8 Å². The molecule has 2 aliphatic rings. The van der Waals surface area contributed by atoms with Crippen LogP contribution in [-0.2, 0) is 57.7 Å². The molecule has 686 valence electrons. The molecule has 6 aromatic heterocycles. The molecule has 1 unspecified atom stereocenters. The van der Waals surface area contributed by atoms with E-state index < -0.39 is 42.8 Å². The van der Waals surface area contributed by atoms with Crippen LogP contribution in [0, 0.1) is 47.9 Å². The summed E-state index contributed by atoms with van der Waals surface area (Å²) < 4.78 is 65.7. The van der Waals surface area contributed by atoms with E-state index in [-0.39, 0.29) is 92.8 Å². The maximum atomic E-state index is 13.0. The molecule has 0 fully saturated rings. The summed E-state index contributed by atoms with van der Waals surface area (Å²) in [5.41, 5.74) is 41.0. The molecular formula is C105H112Br3Cl2N10O10P3+6. The number of nitro groups is 2. The quantitative estimate of drug-likeness (QED) is 0.0161. The minimum atomic E-state index is -3.11. The van der Waals surface area contributed by atoms with Gasteiger partial charge >= 0.3 is 13.3 Å². The fourth-order valence-electron chi connectivity index (χ4n) is 17.7. The number of aromatic nitrogens is 6. The summed E-state index contributed by atoms with van der Waals surface area (Å²) in [6.45, 7) is 22.4. The van der Waals surface area contributed by atoms with Crippen molar-refractivity contribution in [3.63, 3.8) is 0 Å². The summed E-state index contributed by atoms with van der Waals surface area (Å²) in [6.07, 6.45) is 25.3. The Morgan fingerprint density at radius 1 is 0.338 bits per heavy atom. The number of nitrogens with two attached hydrogens (primary N) is 2. The van der Waals surface area contributed by atoms with Crippen LogP contribution in [0.25, 0.3) is 72.7 Å². The van der Waals surface area contributed by atoms with Crippen LogP contribution in [-0.4, -0.2) is 68.1 Å². The molecular weight excluding hydrogens is 1960 g/mol. The molecule has 1 atom stereocenters. The van der Waals surface area contributed by atoms with Gasteiger partial charge < -0.3 is 29.6 Å². The van der Waals surface area contributed by atoms with Gasteiger partial charge in [0.2, 0.25) is 18.7 Å². The van der Waals surface area contributed by atoms with Gasteiger partial charge in [0.05, 0.1) is 60.0 Å². The average Bonchev–Trinajstić information content (AvgIpc) is 1.55. The van der Waals surface area contributed by atoms with Crippen LogP contribution in [0.1, 0.15) is 87.5 Å². The van der Waals surface area contributed by atoms with Crippen LogP contribution in [0.4, 0.5) is 22.7 Å². The zero-order valence-corrected chi connectivity index (χ0v) is 85.3. The first-order valence-corrected chi connectivity index (χ1v) is 49.8. The highest BCUT2D eigenvalue weighted by atomic mass is 79.9. The van der Waals surface area contributed by atoms with E-state index in [4.69, 9.17) is 25.0 Å². The lowest BCUT2D eigenvalue weighted by Crippen LogP contribution is -2.34. The Bertz CT molecular complexity index is 6670. The molecule has 0 bridgehead atoms. The normalized spacial score (nSPS) is 12.6. The Labute approximate surface area is 822 Å². The molecule has 6 heterocycles. The highest BCUT2D eigenvalue weighted by Crippen LogP contribution is 2.59. The monoisotopic (exact) mass is 2070 g/mol. The molecule has 0 amide bonds. The van der Waals surface area contributed by atoms with E-state index in [2.05, 4.69) is 285 Å². The van der Waals surface area contributed by atoms with Gasteiger partial charge in [0, 0.05) is 126 Å². The largest absolute Gasteiger partial charge is 0.399 e. The lowest BCUT2D eigenvalue weighted by molar-refractivity contribution is -0.692. The molecule has 0 saturated carbocycles. The summed E-state index contributed by atoms with van der Waals surface area (Å²) in [6, 6.07) is 90.2. The standard InChI is InChI=1S/C57H60N4O4P2.C27H24N2.C21H23N4O6P.3BrH.2ClH/c1-7-64-67(63,65-8-2)40-38-59-31-23-46(24-32-59)48-27-35-61(36-28-48)56-20-18-50(42-44(56)4)57(53-15-11-9-13-51(53)52-14-10-12-16-54(52)57)49-17-19-55(43(3)41-49)60-33-25-47(26-34-60)45-21-29-58(30-22-45)37-39-66(5,6)62;1-17-15-19(11-13-25(17)28)27(20-12-14-26(29)18(2)16-20)23-9-5-3-7-21(23)22-8-4-6-10-24(22)27;1-3-31-32(2,30)15-14-22-10-6-17(7-11-22)18-8-12-23(13-9-18)20-5-4-19(24(26)27)16-21(20)25(28)29;;;;;/h9-36,41-42H,7-8,37-40H2,1-6H3;3-16H,28-29H2,1-2H3;4-13,16H,3,14-15H2,1-2H3;5*1H/q+4;;+2;;;;;. The van der Waals surface area contributed by atoms with Crippen LogP contribution in [0.15, 0.2) is 335 Å². The molecule has 0 radical (unpaired) electrons. The number of nitrogens with zero attached hydrogens (tertiary/aromatic N) is 8. The highest BCUT2D eigenvalue weighted by Gasteiger charge is 2.48. The van der Waals surface area contributed by atoms with E-state index in [0.717, 1.165) is 79.9 Å². The van der Waals surface area contributed by atoms with Gasteiger partial charge in [-0.1, -0.05) is 133 Å². The Balaban J connectivity index is 0.000000231. The van der Waals surface area contributed by atoms with E-state index in [1.165, 1.54) is 90.0 Å². The first-order valence-electron chi connectivity index (χ1n) is 43.1. The second-order valence-electron chi connectivity index (χ2n) is 33.1. The second-order valence-corrected chi connectivity index (χ2v) is 41.6. The average molecular weight is 2080 g/mol. The Morgan fingerprint density at radius 2 is 0.624 bits per heavy atom. The molecule has 9 aromatic carbocycles. The fraction of sp³-hybridized carbons (Fsp3) is 0.200. The number of non-ortho nitro benzene ring substituents is 1. The molecule has 4 N–H and O–H groups in total. The number of hydrogen-bond acceptors (Lipinski definition) is 12. The van der Waals surface area contributed by atoms with Crippen molar-refractivity contribution in [2.45, 2.75) is 78.9 Å². The van der Waals surface area contributed by atoms with Crippen LogP contribution in [0.5, 0.6) is 0 Å². The van der Waals surface area contributed by atoms with Crippen molar-refractivity contribution in [3.8, 4) is 72.7 Å². The van der Waals surface area contributed by atoms with E-state index in [0.29, 0.717) is 51.4 Å². The second kappa shape index (κ2) is 44.8. The SMILES string of the molecule is Br.Br.Br.CCOP(=O)(CC[n+]1ccc(-c2cc[n+](-c3ccc(C4(c5ccc(-[n+]6ccc(-c7cc[n+](CCP(C)(C)=O)cc7)cc6)c(C)c5)c5ccccc5-c5ccccc54)cc3C)cc2)cc1)OCC.CCOP(C)(=O)CC[n+]1ccc(-c2cc[n+](-c3ccc([N+](=O)[O-])cc3[N+](=O)[O-])cc2)cc1.Cc1cc(C2(c3ccc(N)c(C)c3)c3ccccc3-c3ccccc32)ccc1N.Cl.Cl. The summed E-state index contributed by atoms with van der Waals surface area (Å²) in [7, 11) is -7.76. The van der Waals surface area contributed by atoms with Crippen molar-refractivity contribution in [1.29, 1.82) is 0 Å². The number of aryl methyl sites for hydroxylation is 7. The van der Waals surface area contributed by atoms with E-state index in [1.807, 2.05) is 92.3 Å². The van der Waals surface area contributed by atoms with Crippen molar-refractivity contribution in [2.24, 2.45) is 0 Å². The van der Waals surface area contributed by atoms with E-state index >= 15 is 0 Å². The van der Waals surface area contributed by atoms with Crippen LogP contribution < -0.4 is 38.9 Å². The number of halogens is 5. The molecule has 2 aliphatic carbocycles. The lowest BCUT2D eigenvalue weighted by atomic mass is 9.67. The third kappa shape index (κ3) is 22.4. The Morgan fingerprint density at radius 3 is 0.925 bits per heavy atom. The molecule has 133 heavy (non-hydrogen) atoms. The third-order valence-corrected chi connectivity index (χ3v) is 29.4. The van der Waals surface area contributed by atoms with Gasteiger partial charge in [-0.25, -0.2) is 13.7 Å². The van der Waals surface area contributed by atoms with Gasteiger partial charge in [0.15, 0.2) is 94.0 Å². The Kier molecular flexibility index (Phi) is 35.0. The van der Waals surface area contributed by atoms with Gasteiger partial charge in [-0.2, -0.15) is 13.7 Å². The molecule has 28 heteroatoms. The first kappa shape index (κ1) is 104. The molecule has 0 saturated heterocycles. The van der Waals surface area contributed by atoms with Gasteiger partial charge in [-0.15, -0.1) is 75.8 Å². The first-order chi connectivity index (χ1) is 61.6. The summed E-state index contributed by atoms with van der Waals surface area (Å²) in [5, 5.41) is 22.3. The van der Waals surface area contributed by atoms with Crippen LogP contribution >= 0.6 is 97.9 Å². The summed E-state index contributed by atoms with van der Waals surface area (Å²) in [5.74, 6) is 0. The molecule has 0 aliphatic heterocycles. The number of rotatable bonds is 27. The molecule has 0 spiro atoms. The smallest absolute Gasteiger partial charge is 0.347 e. The van der Waals surface area contributed by atoms with Crippen molar-refractivity contribution >= 4 is 121 Å². The minimum Gasteiger partial charge on any atom is -0.399 e. The van der Waals surface area contributed by atoms with Crippen LogP contribution in [0.2, 0.25) is 0 Å². The minimum absolute atomic E-state index is 0. The summed E-state index contributed by atoms with van der Waals surface area (Å²) >= 11 is 0. The number of nitrogen functional groups attached to an aromatic ring is 2. The number of pyridine rings is 6. The van der Waals surface area contributed by atoms with Crippen molar-refractivity contribution in [2.75, 3.05) is 69.8 Å². The molecule has 17 rings (SSSR count). The number of nitro benzene ring substituents is 2. The highest BCUT2D eigenvalue weighted by molar-refractivity contribution is 8.93. The number of benzene rings is 9. The van der Waals surface area contributed by atoms with Gasteiger partial charge in [0.1, 0.15) is 12.2 Å². The third-order valence-electron chi connectivity index (χ3n) is 24.3. The molecule has 20 nitrogen and oxygen atoms in total. The predicted molar refractivity (Wildman–Crippen MR) is 552 cm³/mol. The predicted octanol–water partition coefficient (Wildman–Crippen LogP) is 23.1. The molecule has 15 aromatic rings. The number of fused-ring (bicyclic) bond motifs is 6. The zero-order chi connectivity index (χ0) is 90.2. The van der Waals surface area contributed by atoms with Crippen molar-refractivity contribution in [3.05, 3.63) is 422 Å². The maximum absolute atomic E-state index is 13.0. The van der Waals surface area contributed by atoms with Crippen LogP contribution in [0.3, 0.4) is 0 Å². The fourth-order valence-corrected chi connectivity index (χ4v) is 21.3. The Hall–Kier alpha value is -11.1. The van der Waals surface area contributed by atoms with Gasteiger partial charge in [-0.3, -0.25) is 29.4 Å². The zero-order valence-electron chi connectivity index (χ0n) is 75.8. The van der Waals surface area contributed by atoms with Crippen molar-refractivity contribution < 1.29 is 64.5 Å². The topological polar surface area (TPSA) is 241 Å². The summed E-state index contributed by atoms with van der Waals surface area (Å²) in [4.78, 5) is 21.0.